The summed E-state index contributed by atoms with van der Waals surface area (Å²) in [5.41, 5.74) is 0. The molecule has 0 unspecified atom stereocenters. The molecule has 3 N–H and O–H groups in total. The van der Waals surface area contributed by atoms with Gasteiger partial charge in [0.15, 0.2) is 6.10 Å². The Morgan fingerprint density at radius 3 is 1.73 bits per heavy atom. The fraction of sp³-hybridized carbons (Fsp3) is 0.684. The first-order chi connectivity index (χ1) is 23.2. The van der Waals surface area contributed by atoms with E-state index in [1.807, 2.05) is 37.3 Å². The molecule has 10 heteroatoms. The standard InChI is InChI=1S/C38H65O9P/c1-3-5-6-7-8-9-10-16-20-23-26-29-32-38(41)47-36(34-46-48(42,43)44)33-45-37(40)31-28-25-22-19-17-14-12-11-13-15-18-21-24-27-30-35(39)4-2/h12-15,19,21-22,24,27,30,35-36,39H,3-11,16-18,20,23,25-26,28-29,31-34H2,1-2H3,(H2,42,43,44)/b14-12-,15-13-,22-19-,24-21-,30-27+/t35-,36+/m0/s1. The summed E-state index contributed by atoms with van der Waals surface area (Å²) in [6, 6.07) is 0. The van der Waals surface area contributed by atoms with E-state index >= 15 is 0 Å². The highest BCUT2D eigenvalue weighted by atomic mass is 31.2. The van der Waals surface area contributed by atoms with Crippen molar-refractivity contribution >= 4 is 19.8 Å². The summed E-state index contributed by atoms with van der Waals surface area (Å²) in [6.07, 6.45) is 37.6. The Hall–Kier alpha value is -2.29. The Kier molecular flexibility index (Phi) is 31.6. The van der Waals surface area contributed by atoms with Crippen molar-refractivity contribution in [2.75, 3.05) is 13.2 Å². The SMILES string of the molecule is CCCCCCCCCCCCCCC(=O)O[C@H](COC(=O)CCC/C=C\C/C=C\C/C=C\C/C=C\C=C\[C@@H](O)CC)COP(=O)(O)O. The molecule has 0 aliphatic rings. The lowest BCUT2D eigenvalue weighted by atomic mass is 10.0. The number of aliphatic hydroxyl groups is 1. The fourth-order valence-corrected chi connectivity index (χ4v) is 4.95. The molecular formula is C38H65O9P. The number of esters is 2. The second-order valence-electron chi connectivity index (χ2n) is 12.0. The van der Waals surface area contributed by atoms with E-state index in [9.17, 15) is 19.3 Å². The maximum atomic E-state index is 12.3. The zero-order valence-electron chi connectivity index (χ0n) is 29.7. The normalized spacial score (nSPS) is 13.9. The van der Waals surface area contributed by atoms with Gasteiger partial charge in [0, 0.05) is 12.8 Å². The number of hydrogen-bond donors (Lipinski definition) is 3. The van der Waals surface area contributed by atoms with Gasteiger partial charge in [-0.25, -0.2) is 4.57 Å². The van der Waals surface area contributed by atoms with Crippen molar-refractivity contribution in [1.29, 1.82) is 0 Å². The maximum Gasteiger partial charge on any atom is 0.469 e. The molecular weight excluding hydrogens is 631 g/mol. The molecule has 2 atom stereocenters. The molecule has 0 aromatic carbocycles. The Morgan fingerprint density at radius 2 is 1.17 bits per heavy atom. The highest BCUT2D eigenvalue weighted by Gasteiger charge is 2.22. The van der Waals surface area contributed by atoms with Crippen LogP contribution in [0.25, 0.3) is 0 Å². The number of rotatable bonds is 32. The van der Waals surface area contributed by atoms with Gasteiger partial charge in [-0.15, -0.1) is 0 Å². The first kappa shape index (κ1) is 45.7. The van der Waals surface area contributed by atoms with Gasteiger partial charge in [-0.2, -0.15) is 0 Å². The molecule has 0 saturated carbocycles. The molecule has 0 amide bonds. The second kappa shape index (κ2) is 33.2. The van der Waals surface area contributed by atoms with Crippen LogP contribution >= 0.6 is 7.82 Å². The minimum Gasteiger partial charge on any atom is -0.462 e. The quantitative estimate of drug-likeness (QED) is 0.0206. The number of aliphatic hydroxyl groups excluding tert-OH is 1. The molecule has 0 spiro atoms. The lowest BCUT2D eigenvalue weighted by Gasteiger charge is -2.18. The van der Waals surface area contributed by atoms with Gasteiger partial charge < -0.3 is 24.4 Å². The van der Waals surface area contributed by atoms with Crippen LogP contribution in [0.2, 0.25) is 0 Å². The molecule has 9 nitrogen and oxygen atoms in total. The van der Waals surface area contributed by atoms with Crippen molar-refractivity contribution in [3.8, 4) is 0 Å². The third kappa shape index (κ3) is 35.0. The van der Waals surface area contributed by atoms with Crippen LogP contribution in [-0.4, -0.2) is 52.3 Å². The Bertz CT molecular complexity index is 981. The predicted octanol–water partition coefficient (Wildman–Crippen LogP) is 9.53. The maximum absolute atomic E-state index is 12.3. The van der Waals surface area contributed by atoms with Crippen molar-refractivity contribution in [1.82, 2.24) is 0 Å². The number of carbonyl (C=O) groups excluding carboxylic acids is 2. The molecule has 0 saturated heterocycles. The van der Waals surface area contributed by atoms with Gasteiger partial charge in [-0.1, -0.05) is 145 Å². The molecule has 0 bridgehead atoms. The number of allylic oxidation sites excluding steroid dienone is 9. The minimum absolute atomic E-state index is 0.174. The number of unbranched alkanes of at least 4 members (excludes halogenated alkanes) is 12. The summed E-state index contributed by atoms with van der Waals surface area (Å²) in [4.78, 5) is 42.6. The summed E-state index contributed by atoms with van der Waals surface area (Å²) in [7, 11) is -4.77. The first-order valence-electron chi connectivity index (χ1n) is 18.2. The van der Waals surface area contributed by atoms with Gasteiger partial charge in [0.1, 0.15) is 6.61 Å². The fourth-order valence-electron chi connectivity index (χ4n) is 4.59. The number of ether oxygens (including phenoxy) is 2. The summed E-state index contributed by atoms with van der Waals surface area (Å²) < 4.78 is 26.2. The molecule has 0 rings (SSSR count). The number of hydrogen-bond acceptors (Lipinski definition) is 7. The molecule has 0 aliphatic carbocycles. The molecule has 0 aromatic rings. The third-order valence-corrected chi connectivity index (χ3v) is 7.94. The Morgan fingerprint density at radius 1 is 0.646 bits per heavy atom. The summed E-state index contributed by atoms with van der Waals surface area (Å²) in [5.74, 6) is -0.976. The van der Waals surface area contributed by atoms with Crippen LogP contribution in [0.15, 0.2) is 60.8 Å². The van der Waals surface area contributed by atoms with E-state index in [-0.39, 0.29) is 25.6 Å². The molecule has 0 radical (unpaired) electrons. The largest absolute Gasteiger partial charge is 0.469 e. The van der Waals surface area contributed by atoms with Gasteiger partial charge in [-0.05, 0) is 44.9 Å². The number of carbonyl (C=O) groups is 2. The third-order valence-electron chi connectivity index (χ3n) is 7.46. The van der Waals surface area contributed by atoms with Crippen LogP contribution in [0.3, 0.4) is 0 Å². The summed E-state index contributed by atoms with van der Waals surface area (Å²) in [5, 5.41) is 9.44. The smallest absolute Gasteiger partial charge is 0.462 e. The lowest BCUT2D eigenvalue weighted by Crippen LogP contribution is -2.29. The van der Waals surface area contributed by atoms with Crippen LogP contribution in [0, 0.1) is 0 Å². The number of phosphoric acid groups is 1. The molecule has 0 heterocycles. The molecule has 0 aromatic heterocycles. The van der Waals surface area contributed by atoms with E-state index in [4.69, 9.17) is 19.3 Å². The number of phosphoric ester groups is 1. The van der Waals surface area contributed by atoms with Crippen molar-refractivity contribution in [3.05, 3.63) is 60.8 Å². The summed E-state index contributed by atoms with van der Waals surface area (Å²) >= 11 is 0. The van der Waals surface area contributed by atoms with Crippen LogP contribution in [-0.2, 0) is 28.2 Å². The van der Waals surface area contributed by atoms with E-state index in [2.05, 4.69) is 35.8 Å². The topological polar surface area (TPSA) is 140 Å². The van der Waals surface area contributed by atoms with E-state index in [0.717, 1.165) is 38.5 Å². The average molecular weight is 697 g/mol. The van der Waals surface area contributed by atoms with Crippen LogP contribution in [0.4, 0.5) is 0 Å². The monoisotopic (exact) mass is 696 g/mol. The van der Waals surface area contributed by atoms with Gasteiger partial charge in [0.2, 0.25) is 0 Å². The summed E-state index contributed by atoms with van der Waals surface area (Å²) in [6.45, 7) is 3.28. The van der Waals surface area contributed by atoms with Crippen LogP contribution < -0.4 is 0 Å². The van der Waals surface area contributed by atoms with Crippen molar-refractivity contribution in [2.45, 2.75) is 154 Å². The van der Waals surface area contributed by atoms with Gasteiger partial charge in [0.05, 0.1) is 12.7 Å². The predicted molar refractivity (Wildman–Crippen MR) is 194 cm³/mol. The van der Waals surface area contributed by atoms with E-state index in [0.29, 0.717) is 25.7 Å². The van der Waals surface area contributed by atoms with E-state index < -0.39 is 32.5 Å². The van der Waals surface area contributed by atoms with Crippen LogP contribution in [0.1, 0.15) is 142 Å². The van der Waals surface area contributed by atoms with Gasteiger partial charge in [-0.3, -0.25) is 14.1 Å². The highest BCUT2D eigenvalue weighted by Crippen LogP contribution is 2.35. The molecule has 0 fully saturated rings. The Labute approximate surface area is 290 Å². The Balaban J connectivity index is 4.11. The van der Waals surface area contributed by atoms with Gasteiger partial charge >= 0.3 is 19.8 Å². The second-order valence-corrected chi connectivity index (χ2v) is 13.3. The van der Waals surface area contributed by atoms with Crippen molar-refractivity contribution in [3.63, 3.8) is 0 Å². The molecule has 0 aliphatic heterocycles. The minimum atomic E-state index is -4.77. The lowest BCUT2D eigenvalue weighted by molar-refractivity contribution is -0.161. The van der Waals surface area contributed by atoms with Gasteiger partial charge in [0.25, 0.3) is 0 Å². The first-order valence-corrected chi connectivity index (χ1v) is 19.7. The van der Waals surface area contributed by atoms with E-state index in [1.165, 1.54) is 51.4 Å². The molecule has 48 heavy (non-hydrogen) atoms. The van der Waals surface area contributed by atoms with E-state index in [1.54, 1.807) is 6.08 Å². The average Bonchev–Trinajstić information content (AvgIpc) is 3.05. The zero-order chi connectivity index (χ0) is 35.6. The highest BCUT2D eigenvalue weighted by molar-refractivity contribution is 7.46. The van der Waals surface area contributed by atoms with Crippen molar-refractivity contribution in [2.24, 2.45) is 0 Å². The van der Waals surface area contributed by atoms with Crippen molar-refractivity contribution < 1.29 is 43.0 Å². The van der Waals surface area contributed by atoms with Crippen LogP contribution in [0.5, 0.6) is 0 Å². The zero-order valence-corrected chi connectivity index (χ0v) is 30.6. The molecule has 276 valence electrons.